The fraction of sp³-hybridized carbons (Fsp3) is 0.385. The Morgan fingerprint density at radius 1 is 1.23 bits per heavy atom. The highest BCUT2D eigenvalue weighted by Crippen LogP contribution is 2.32. The van der Waals surface area contributed by atoms with Crippen LogP contribution in [0.4, 0.5) is 0 Å². The average Bonchev–Trinajstić information content (AvgIpc) is 2.73. The lowest BCUT2D eigenvalue weighted by Gasteiger charge is -2.28. The van der Waals surface area contributed by atoms with Crippen molar-refractivity contribution in [2.24, 2.45) is 15.9 Å². The largest absolute Gasteiger partial charge is 0.345 e. The summed E-state index contributed by atoms with van der Waals surface area (Å²) in [4.78, 5) is 11.0. The molecule has 0 saturated heterocycles. The molecule has 1 atom stereocenters. The zero-order valence-electron chi connectivity index (χ0n) is 20.0. The molecule has 1 unspecified atom stereocenters. The number of allylic oxidation sites excluding steroid dienone is 7. The van der Waals surface area contributed by atoms with Crippen molar-refractivity contribution < 1.29 is 0 Å². The van der Waals surface area contributed by atoms with Crippen LogP contribution in [-0.4, -0.2) is 23.2 Å². The molecule has 0 radical (unpaired) electrons. The number of hydrogen-bond acceptors (Lipinski definition) is 4. The van der Waals surface area contributed by atoms with Gasteiger partial charge in [0.1, 0.15) is 5.16 Å². The van der Waals surface area contributed by atoms with Gasteiger partial charge >= 0.3 is 0 Å². The summed E-state index contributed by atoms with van der Waals surface area (Å²) >= 11 is 8.13. The van der Waals surface area contributed by atoms with E-state index in [-0.39, 0.29) is 5.92 Å². The minimum atomic E-state index is 0.204. The smallest absolute Gasteiger partial charge is 0.135 e. The molecule has 0 spiro atoms. The summed E-state index contributed by atoms with van der Waals surface area (Å²) in [6.07, 6.45) is 16.4. The van der Waals surface area contributed by atoms with E-state index in [4.69, 9.17) is 11.6 Å². The molecular weight excluding hydrogens is 422 g/mol. The quantitative estimate of drug-likeness (QED) is 0.119. The monoisotopic (exact) mass is 459 g/mol. The molecule has 31 heavy (non-hydrogen) atoms. The molecule has 170 valence electrons. The first-order chi connectivity index (χ1) is 14.7. The standard InChI is InChI=1S/C26H38ClN3S/c1-10-14-17-24(18-15-11-2)30(9)21(6)25(20(5)13-4)26(27)29-23(8)31-22(7)28-19-16-12-3/h10,12,14,16-20H,1,6-7,11,13,15H2,2-5,8-9H3/b16-12-,17-14-,24-18+,26-25+,28-19?,29-23?. The second kappa shape index (κ2) is 16.6. The molecule has 0 rings (SSSR count). The second-order valence-electron chi connectivity index (χ2n) is 6.96. The minimum Gasteiger partial charge on any atom is -0.345 e. The number of nitrogens with zero attached hydrogens (tertiary/aromatic N) is 3. The van der Waals surface area contributed by atoms with Crippen molar-refractivity contribution >= 4 is 34.6 Å². The van der Waals surface area contributed by atoms with Crippen LogP contribution < -0.4 is 0 Å². The number of hydrogen-bond donors (Lipinski definition) is 0. The van der Waals surface area contributed by atoms with Gasteiger partial charge in [0.15, 0.2) is 0 Å². The van der Waals surface area contributed by atoms with Gasteiger partial charge < -0.3 is 4.90 Å². The normalized spacial score (nSPS) is 14.9. The van der Waals surface area contributed by atoms with Crippen LogP contribution in [-0.2, 0) is 0 Å². The predicted octanol–water partition coefficient (Wildman–Crippen LogP) is 8.62. The summed E-state index contributed by atoms with van der Waals surface area (Å²) < 4.78 is 0. The van der Waals surface area contributed by atoms with Crippen LogP contribution in [0.1, 0.15) is 53.9 Å². The van der Waals surface area contributed by atoms with E-state index < -0.39 is 0 Å². The molecule has 0 aliphatic rings. The van der Waals surface area contributed by atoms with Gasteiger partial charge in [-0.3, -0.25) is 4.99 Å². The third kappa shape index (κ3) is 11.2. The van der Waals surface area contributed by atoms with Gasteiger partial charge in [-0.05, 0) is 44.8 Å². The van der Waals surface area contributed by atoms with Crippen LogP contribution in [0.25, 0.3) is 0 Å². The molecule has 0 heterocycles. The Labute approximate surface area is 199 Å². The van der Waals surface area contributed by atoms with E-state index in [0.717, 1.165) is 41.3 Å². The van der Waals surface area contributed by atoms with E-state index in [1.807, 2.05) is 45.2 Å². The molecule has 0 aromatic rings. The van der Waals surface area contributed by atoms with Crippen molar-refractivity contribution in [3.63, 3.8) is 0 Å². The molecule has 0 fully saturated rings. The van der Waals surface area contributed by atoms with Gasteiger partial charge in [-0.1, -0.05) is 94.6 Å². The fourth-order valence-corrected chi connectivity index (χ4v) is 3.62. The molecule has 0 N–H and O–H groups in total. The van der Waals surface area contributed by atoms with Gasteiger partial charge in [-0.2, -0.15) is 0 Å². The maximum absolute atomic E-state index is 6.74. The number of thioether (sulfide) groups is 1. The van der Waals surface area contributed by atoms with E-state index in [1.54, 1.807) is 12.3 Å². The Morgan fingerprint density at radius 3 is 2.45 bits per heavy atom. The number of rotatable bonds is 13. The zero-order valence-corrected chi connectivity index (χ0v) is 21.6. The van der Waals surface area contributed by atoms with Crippen LogP contribution in [0, 0.1) is 5.92 Å². The van der Waals surface area contributed by atoms with Crippen LogP contribution >= 0.6 is 23.4 Å². The molecule has 0 bridgehead atoms. The lowest BCUT2D eigenvalue weighted by molar-refractivity contribution is 0.513. The van der Waals surface area contributed by atoms with Crippen LogP contribution in [0.15, 0.2) is 93.3 Å². The Balaban J connectivity index is 5.98. The maximum Gasteiger partial charge on any atom is 0.135 e. The number of unbranched alkanes of at least 4 members (excludes halogenated alkanes) is 1. The molecule has 0 aromatic carbocycles. The highest BCUT2D eigenvalue weighted by Gasteiger charge is 2.19. The highest BCUT2D eigenvalue weighted by molar-refractivity contribution is 8.17. The molecule has 5 heteroatoms. The Kier molecular flexibility index (Phi) is 15.5. The molecule has 0 saturated carbocycles. The number of aliphatic imine (C=N–C) groups is 2. The lowest BCUT2D eigenvalue weighted by atomic mass is 9.96. The summed E-state index contributed by atoms with van der Waals surface area (Å²) in [5.74, 6) is 0.204. The third-order valence-corrected chi connectivity index (χ3v) is 5.51. The highest BCUT2D eigenvalue weighted by atomic mass is 35.5. The van der Waals surface area contributed by atoms with Gasteiger partial charge in [0, 0.05) is 30.2 Å². The minimum absolute atomic E-state index is 0.204. The summed E-state index contributed by atoms with van der Waals surface area (Å²) in [5, 5.41) is 1.88. The Hall–Kier alpha value is -2.04. The van der Waals surface area contributed by atoms with Crippen molar-refractivity contribution in [1.29, 1.82) is 0 Å². The second-order valence-corrected chi connectivity index (χ2v) is 8.59. The average molecular weight is 460 g/mol. The lowest BCUT2D eigenvalue weighted by Crippen LogP contribution is -2.20. The first kappa shape index (κ1) is 29.0. The fourth-order valence-electron chi connectivity index (χ4n) is 2.55. The van der Waals surface area contributed by atoms with Crippen molar-refractivity contribution in [2.75, 3.05) is 7.05 Å². The number of likely N-dealkylation sites (N-methyl/N-ethyl adjacent to an activating group) is 1. The van der Waals surface area contributed by atoms with E-state index in [1.165, 1.54) is 11.8 Å². The summed E-state index contributed by atoms with van der Waals surface area (Å²) in [6, 6.07) is 0. The molecule has 0 aliphatic heterocycles. The van der Waals surface area contributed by atoms with E-state index in [2.05, 4.69) is 61.5 Å². The van der Waals surface area contributed by atoms with E-state index >= 15 is 0 Å². The predicted molar refractivity (Wildman–Crippen MR) is 145 cm³/mol. The van der Waals surface area contributed by atoms with Gasteiger partial charge in [0.25, 0.3) is 0 Å². The molecule has 0 aliphatic carbocycles. The van der Waals surface area contributed by atoms with Crippen molar-refractivity contribution in [3.8, 4) is 0 Å². The van der Waals surface area contributed by atoms with Crippen molar-refractivity contribution in [2.45, 2.75) is 53.9 Å². The first-order valence-corrected chi connectivity index (χ1v) is 11.8. The van der Waals surface area contributed by atoms with Crippen LogP contribution in [0.2, 0.25) is 0 Å². The summed E-state index contributed by atoms with van der Waals surface area (Å²) in [5.41, 5.74) is 2.82. The topological polar surface area (TPSA) is 28.0 Å². The number of halogens is 1. The molecule has 0 aromatic heterocycles. The van der Waals surface area contributed by atoms with Crippen LogP contribution in [0.5, 0.6) is 0 Å². The Morgan fingerprint density at radius 2 is 1.90 bits per heavy atom. The third-order valence-electron chi connectivity index (χ3n) is 4.49. The van der Waals surface area contributed by atoms with Crippen LogP contribution in [0.3, 0.4) is 0 Å². The van der Waals surface area contributed by atoms with Crippen molar-refractivity contribution in [1.82, 2.24) is 4.90 Å². The van der Waals surface area contributed by atoms with Gasteiger partial charge in [-0.25, -0.2) is 4.99 Å². The Bertz CT molecular complexity index is 797. The summed E-state index contributed by atoms with van der Waals surface area (Å²) in [7, 11) is 2.01. The van der Waals surface area contributed by atoms with Crippen molar-refractivity contribution in [3.05, 3.63) is 83.3 Å². The summed E-state index contributed by atoms with van der Waals surface area (Å²) in [6.45, 7) is 22.4. The van der Waals surface area contributed by atoms with Gasteiger partial charge in [0.05, 0.1) is 10.1 Å². The van der Waals surface area contributed by atoms with E-state index in [0.29, 0.717) is 10.2 Å². The zero-order chi connectivity index (χ0) is 23.8. The molecule has 3 nitrogen and oxygen atoms in total. The maximum atomic E-state index is 6.74. The van der Waals surface area contributed by atoms with Gasteiger partial charge in [-0.15, -0.1) is 0 Å². The van der Waals surface area contributed by atoms with E-state index in [9.17, 15) is 0 Å². The SMILES string of the molecule is C=C/C=C\C(=C/CCC)N(C)C(=C)/C(=C(\Cl)N=C(C)SC(=C)N=C/C=C\C)C(C)CC. The molecule has 0 amide bonds. The molecular formula is C26H38ClN3S. The van der Waals surface area contributed by atoms with Gasteiger partial charge in [0.2, 0.25) is 0 Å². The first-order valence-electron chi connectivity index (χ1n) is 10.6.